The van der Waals surface area contributed by atoms with E-state index < -0.39 is 0 Å². The number of oxime groups is 1. The second kappa shape index (κ2) is 8.76. The largest absolute Gasteiger partial charge is 0.396 e. The van der Waals surface area contributed by atoms with Crippen LogP contribution in [0.4, 0.5) is 0 Å². The van der Waals surface area contributed by atoms with Crippen LogP contribution in [0.25, 0.3) is 0 Å². The topological polar surface area (TPSA) is 30.8 Å². The molecule has 0 bridgehead atoms. The highest BCUT2D eigenvalue weighted by Gasteiger charge is 1.90. The number of nitrogens with zero attached hydrogens (tertiary/aromatic N) is 1. The summed E-state index contributed by atoms with van der Waals surface area (Å²) in [5, 5.41) is 3.91. The Kier molecular flexibility index (Phi) is 7.07. The molecule has 0 saturated heterocycles. The third kappa shape index (κ3) is 6.07. The molecule has 0 spiro atoms. The van der Waals surface area contributed by atoms with Crippen molar-refractivity contribution in [1.82, 2.24) is 0 Å². The van der Waals surface area contributed by atoms with E-state index >= 15 is 0 Å². The summed E-state index contributed by atoms with van der Waals surface area (Å²) in [7, 11) is 0. The Labute approximate surface area is 103 Å². The lowest BCUT2D eigenvalue weighted by atomic mass is 10.1. The summed E-state index contributed by atoms with van der Waals surface area (Å²) in [5.41, 5.74) is 2.40. The Hall–Kier alpha value is -1.35. The van der Waals surface area contributed by atoms with Crippen LogP contribution in [0.5, 0.6) is 0 Å². The van der Waals surface area contributed by atoms with Crippen LogP contribution in [0.2, 0.25) is 0 Å². The van der Waals surface area contributed by atoms with E-state index in [1.165, 1.54) is 5.56 Å². The van der Waals surface area contributed by atoms with Crippen LogP contribution in [0, 0.1) is 0 Å². The molecule has 0 radical (unpaired) electrons. The summed E-state index contributed by atoms with van der Waals surface area (Å²) in [6.45, 7) is 6.22. The standard InChI is InChI=1S/C14H21NO2/c1-3-13-6-8-14(9-7-13)12-15-17-11-5-10-16-4-2/h6-9,12H,3-5,10-11H2,1-2H3. The van der Waals surface area contributed by atoms with Crippen LogP contribution in [0.15, 0.2) is 29.4 Å². The summed E-state index contributed by atoms with van der Waals surface area (Å²) in [4.78, 5) is 5.13. The molecule has 3 heteroatoms. The van der Waals surface area contributed by atoms with Gasteiger partial charge in [0.1, 0.15) is 6.61 Å². The van der Waals surface area contributed by atoms with Crippen LogP contribution in [-0.4, -0.2) is 26.0 Å². The molecule has 0 amide bonds. The molecular formula is C14H21NO2. The predicted octanol–water partition coefficient (Wildman–Crippen LogP) is 3.03. The Morgan fingerprint density at radius 2 is 1.88 bits per heavy atom. The van der Waals surface area contributed by atoms with E-state index in [2.05, 4.69) is 24.2 Å². The highest BCUT2D eigenvalue weighted by molar-refractivity contribution is 5.79. The number of benzene rings is 1. The molecule has 1 aromatic carbocycles. The van der Waals surface area contributed by atoms with Crippen molar-refractivity contribution < 1.29 is 9.57 Å². The number of ether oxygens (including phenoxy) is 1. The van der Waals surface area contributed by atoms with Gasteiger partial charge in [-0.25, -0.2) is 0 Å². The van der Waals surface area contributed by atoms with Crippen molar-refractivity contribution in [2.45, 2.75) is 26.7 Å². The number of hydrogen-bond donors (Lipinski definition) is 0. The molecule has 0 aliphatic carbocycles. The van der Waals surface area contributed by atoms with Crippen molar-refractivity contribution in [1.29, 1.82) is 0 Å². The fourth-order valence-electron chi connectivity index (χ4n) is 1.36. The van der Waals surface area contributed by atoms with Crippen molar-refractivity contribution in [2.24, 2.45) is 5.16 Å². The molecule has 0 aliphatic heterocycles. The zero-order valence-corrected chi connectivity index (χ0v) is 10.7. The molecule has 0 atom stereocenters. The molecule has 0 N–H and O–H groups in total. The molecule has 0 fully saturated rings. The summed E-state index contributed by atoms with van der Waals surface area (Å²) in [6, 6.07) is 8.31. The smallest absolute Gasteiger partial charge is 0.119 e. The van der Waals surface area contributed by atoms with Crippen LogP contribution < -0.4 is 0 Å². The fourth-order valence-corrected chi connectivity index (χ4v) is 1.36. The van der Waals surface area contributed by atoms with E-state index in [1.54, 1.807) is 6.21 Å². The highest BCUT2D eigenvalue weighted by atomic mass is 16.6. The van der Waals surface area contributed by atoms with Gasteiger partial charge in [-0.1, -0.05) is 36.3 Å². The van der Waals surface area contributed by atoms with Crippen LogP contribution in [0.3, 0.4) is 0 Å². The van der Waals surface area contributed by atoms with Gasteiger partial charge >= 0.3 is 0 Å². The van der Waals surface area contributed by atoms with E-state index in [1.807, 2.05) is 19.1 Å². The Bertz CT molecular complexity index is 319. The molecule has 0 heterocycles. The molecule has 0 aromatic heterocycles. The lowest BCUT2D eigenvalue weighted by Crippen LogP contribution is -1.98. The number of hydrogen-bond acceptors (Lipinski definition) is 3. The molecule has 3 nitrogen and oxygen atoms in total. The quantitative estimate of drug-likeness (QED) is 0.394. The van der Waals surface area contributed by atoms with E-state index in [9.17, 15) is 0 Å². The fraction of sp³-hybridized carbons (Fsp3) is 0.500. The minimum absolute atomic E-state index is 0.601. The first-order valence-electron chi connectivity index (χ1n) is 6.18. The van der Waals surface area contributed by atoms with Crippen molar-refractivity contribution in [3.05, 3.63) is 35.4 Å². The molecule has 0 aliphatic rings. The van der Waals surface area contributed by atoms with Gasteiger partial charge in [0.05, 0.1) is 6.21 Å². The third-order valence-corrected chi connectivity index (χ3v) is 2.39. The Morgan fingerprint density at radius 1 is 1.12 bits per heavy atom. The minimum Gasteiger partial charge on any atom is -0.396 e. The van der Waals surface area contributed by atoms with Gasteiger partial charge in [-0.15, -0.1) is 0 Å². The molecule has 0 saturated carbocycles. The first kappa shape index (κ1) is 13.7. The van der Waals surface area contributed by atoms with E-state index in [4.69, 9.17) is 9.57 Å². The van der Waals surface area contributed by atoms with E-state index in [0.717, 1.165) is 31.6 Å². The summed E-state index contributed by atoms with van der Waals surface area (Å²) < 4.78 is 5.19. The van der Waals surface area contributed by atoms with Crippen molar-refractivity contribution in [3.63, 3.8) is 0 Å². The van der Waals surface area contributed by atoms with Gasteiger partial charge in [0.15, 0.2) is 0 Å². The van der Waals surface area contributed by atoms with Crippen molar-refractivity contribution in [3.8, 4) is 0 Å². The van der Waals surface area contributed by atoms with E-state index in [-0.39, 0.29) is 0 Å². The van der Waals surface area contributed by atoms with Gasteiger partial charge in [-0.3, -0.25) is 0 Å². The average molecular weight is 235 g/mol. The van der Waals surface area contributed by atoms with Crippen LogP contribution >= 0.6 is 0 Å². The normalized spacial score (nSPS) is 10.9. The maximum absolute atomic E-state index is 5.19. The number of aryl methyl sites for hydroxylation is 1. The SMILES string of the molecule is CCOCCCON=Cc1ccc(CC)cc1. The van der Waals surface area contributed by atoms with Crippen molar-refractivity contribution in [2.75, 3.05) is 19.8 Å². The van der Waals surface area contributed by atoms with Crippen LogP contribution in [0.1, 0.15) is 31.4 Å². The first-order valence-corrected chi connectivity index (χ1v) is 6.18. The zero-order valence-electron chi connectivity index (χ0n) is 10.7. The van der Waals surface area contributed by atoms with Gasteiger partial charge in [0.25, 0.3) is 0 Å². The van der Waals surface area contributed by atoms with Crippen LogP contribution in [-0.2, 0) is 16.0 Å². The Balaban J connectivity index is 2.19. The molecule has 94 valence electrons. The predicted molar refractivity (Wildman–Crippen MR) is 70.5 cm³/mol. The highest BCUT2D eigenvalue weighted by Crippen LogP contribution is 2.02. The maximum atomic E-state index is 5.19. The molecule has 1 aromatic rings. The minimum atomic E-state index is 0.601. The average Bonchev–Trinajstić information content (AvgIpc) is 2.38. The summed E-state index contributed by atoms with van der Waals surface area (Å²) in [6.07, 6.45) is 3.67. The molecule has 17 heavy (non-hydrogen) atoms. The maximum Gasteiger partial charge on any atom is 0.119 e. The van der Waals surface area contributed by atoms with Gasteiger partial charge < -0.3 is 9.57 Å². The van der Waals surface area contributed by atoms with Gasteiger partial charge in [0.2, 0.25) is 0 Å². The second-order valence-electron chi connectivity index (χ2n) is 3.71. The van der Waals surface area contributed by atoms with E-state index in [0.29, 0.717) is 6.61 Å². The lowest BCUT2D eigenvalue weighted by Gasteiger charge is -2.00. The lowest BCUT2D eigenvalue weighted by molar-refractivity contribution is 0.0927. The summed E-state index contributed by atoms with van der Waals surface area (Å²) >= 11 is 0. The third-order valence-electron chi connectivity index (χ3n) is 2.39. The number of rotatable bonds is 8. The second-order valence-corrected chi connectivity index (χ2v) is 3.71. The van der Waals surface area contributed by atoms with Crippen molar-refractivity contribution >= 4 is 6.21 Å². The molecular weight excluding hydrogens is 214 g/mol. The summed E-state index contributed by atoms with van der Waals surface area (Å²) in [5.74, 6) is 0. The zero-order chi connectivity index (χ0) is 12.3. The first-order chi connectivity index (χ1) is 8.36. The van der Waals surface area contributed by atoms with Gasteiger partial charge in [-0.05, 0) is 24.5 Å². The van der Waals surface area contributed by atoms with Gasteiger partial charge in [0, 0.05) is 19.6 Å². The van der Waals surface area contributed by atoms with Gasteiger partial charge in [-0.2, -0.15) is 0 Å². The monoisotopic (exact) mass is 235 g/mol. The Morgan fingerprint density at radius 3 is 2.53 bits per heavy atom. The molecule has 1 rings (SSSR count). The molecule has 0 unspecified atom stereocenters.